The van der Waals surface area contributed by atoms with Crippen LogP contribution in [-0.2, 0) is 0 Å². The second-order valence-electron chi connectivity index (χ2n) is 16.0. The van der Waals surface area contributed by atoms with Crippen LogP contribution in [-0.4, -0.2) is 13.4 Å². The van der Waals surface area contributed by atoms with Crippen molar-refractivity contribution in [2.45, 2.75) is 90.0 Å². The lowest BCUT2D eigenvalue weighted by Crippen LogP contribution is -2.54. The Bertz CT molecular complexity index is 2330. The molecule has 3 aromatic heterocycles. The highest BCUT2D eigenvalue weighted by molar-refractivity contribution is 7.33. The van der Waals surface area contributed by atoms with E-state index in [-0.39, 0.29) is 13.4 Å². The first kappa shape index (κ1) is 39.8. The molecule has 3 heterocycles. The summed E-state index contributed by atoms with van der Waals surface area (Å²) in [4.78, 5) is 5.32. The van der Waals surface area contributed by atoms with Gasteiger partial charge < -0.3 is 0 Å². The van der Waals surface area contributed by atoms with E-state index < -0.39 is 0 Å². The van der Waals surface area contributed by atoms with Gasteiger partial charge in [-0.3, -0.25) is 0 Å². The van der Waals surface area contributed by atoms with Crippen molar-refractivity contribution in [1.29, 1.82) is 0 Å². The summed E-state index contributed by atoms with van der Waals surface area (Å²) in [6.45, 7) is 33.8. The van der Waals surface area contributed by atoms with Crippen LogP contribution in [0.5, 0.6) is 0 Å². The molecule has 0 saturated carbocycles. The van der Waals surface area contributed by atoms with E-state index in [4.69, 9.17) is 0 Å². The molecule has 0 bridgehead atoms. The third-order valence-electron chi connectivity index (χ3n) is 10.7. The van der Waals surface area contributed by atoms with Crippen LogP contribution in [0, 0.1) is 62.3 Å². The molecule has 0 spiro atoms. The summed E-state index contributed by atoms with van der Waals surface area (Å²) in [6.07, 6.45) is 2.25. The Morgan fingerprint density at radius 2 is 0.833 bits per heavy atom. The molecule has 274 valence electrons. The molecule has 0 amide bonds. The van der Waals surface area contributed by atoms with Gasteiger partial charge in [-0.15, -0.1) is 34.0 Å². The van der Waals surface area contributed by atoms with Crippen molar-refractivity contribution < 1.29 is 0 Å². The Kier molecular flexibility index (Phi) is 11.8. The monoisotopic (exact) mass is 760 g/mol. The average molecular weight is 761 g/mol. The van der Waals surface area contributed by atoms with Crippen molar-refractivity contribution in [2.75, 3.05) is 0 Å². The maximum atomic E-state index is 4.23. The molecule has 6 aromatic rings. The molecule has 0 atom stereocenters. The first-order chi connectivity index (χ1) is 25.5. The Labute approximate surface area is 338 Å². The van der Waals surface area contributed by atoms with Gasteiger partial charge in [0.25, 0.3) is 13.4 Å². The van der Waals surface area contributed by atoms with Crippen molar-refractivity contribution in [1.82, 2.24) is 0 Å². The molecule has 0 nitrogen and oxygen atoms in total. The molecule has 54 heavy (non-hydrogen) atoms. The zero-order valence-corrected chi connectivity index (χ0v) is 37.0. The van der Waals surface area contributed by atoms with Gasteiger partial charge in [0.2, 0.25) is 0 Å². The maximum Gasteiger partial charge on any atom is 0.255 e. The maximum absolute atomic E-state index is 4.23. The molecule has 0 aliphatic rings. The van der Waals surface area contributed by atoms with Crippen molar-refractivity contribution in [3.63, 3.8) is 0 Å². The first-order valence-corrected chi connectivity index (χ1v) is 21.5. The van der Waals surface area contributed by atoms with Gasteiger partial charge in [-0.1, -0.05) is 150 Å². The molecule has 0 aliphatic heterocycles. The largest absolute Gasteiger partial charge is 0.255 e. The van der Waals surface area contributed by atoms with E-state index in [1.54, 1.807) is 0 Å². The summed E-state index contributed by atoms with van der Waals surface area (Å²) in [5, 5.41) is 0. The summed E-state index contributed by atoms with van der Waals surface area (Å²) in [6, 6.07) is 28.3. The molecule has 0 fully saturated rings. The molecule has 0 saturated heterocycles. The second kappa shape index (κ2) is 16.1. The minimum Gasteiger partial charge on any atom is -0.148 e. The van der Waals surface area contributed by atoms with E-state index in [1.165, 1.54) is 112 Å². The SMILES string of the molecule is C=C(C)/C=C(/C)C(B(c1ccc(-c2ccc(-c3ccc(B(c4c(C)cc(C)cc4C)c4c(C)cc(C)cc4C)s3)s2)s1)c1c(C)cc(C)cc1C)=C(C)C. The zero-order chi connectivity index (χ0) is 39.2. The normalized spacial score (nSPS) is 11.6. The molecule has 0 aliphatic carbocycles. The quantitative estimate of drug-likeness (QED) is 0.0964. The van der Waals surface area contributed by atoms with E-state index in [2.05, 4.69) is 175 Å². The van der Waals surface area contributed by atoms with Gasteiger partial charge in [-0.05, 0) is 124 Å². The third-order valence-corrected chi connectivity index (χ3v) is 14.5. The van der Waals surface area contributed by atoms with E-state index in [0.29, 0.717) is 0 Å². The molecule has 6 rings (SSSR count). The van der Waals surface area contributed by atoms with Gasteiger partial charge in [0, 0.05) is 19.5 Å². The van der Waals surface area contributed by atoms with Crippen LogP contribution in [0.15, 0.2) is 108 Å². The smallest absolute Gasteiger partial charge is 0.148 e. The number of hydrogen-bond acceptors (Lipinski definition) is 3. The van der Waals surface area contributed by atoms with E-state index >= 15 is 0 Å². The molecular weight excluding hydrogens is 706 g/mol. The molecule has 0 radical (unpaired) electrons. The summed E-state index contributed by atoms with van der Waals surface area (Å²) >= 11 is 5.82. The zero-order valence-electron chi connectivity index (χ0n) is 34.6. The highest BCUT2D eigenvalue weighted by atomic mass is 32.1. The van der Waals surface area contributed by atoms with Gasteiger partial charge in [0.05, 0.1) is 0 Å². The fourth-order valence-corrected chi connectivity index (χ4v) is 12.5. The summed E-state index contributed by atoms with van der Waals surface area (Å²) < 4.78 is 2.79. The highest BCUT2D eigenvalue weighted by Crippen LogP contribution is 2.38. The topological polar surface area (TPSA) is 0 Å². The Hall–Kier alpha value is -3.89. The molecule has 3 aromatic carbocycles. The van der Waals surface area contributed by atoms with E-state index in [9.17, 15) is 0 Å². The lowest BCUT2D eigenvalue weighted by molar-refractivity contribution is 1.30. The van der Waals surface area contributed by atoms with Crippen molar-refractivity contribution in [2.24, 2.45) is 0 Å². The fraction of sp³-hybridized carbons (Fsp3) is 0.265. The molecule has 0 unspecified atom stereocenters. The number of benzene rings is 3. The van der Waals surface area contributed by atoms with Gasteiger partial charge >= 0.3 is 0 Å². The van der Waals surface area contributed by atoms with Gasteiger partial charge in [-0.2, -0.15) is 0 Å². The second-order valence-corrected chi connectivity index (χ2v) is 19.3. The van der Waals surface area contributed by atoms with Gasteiger partial charge in [0.15, 0.2) is 0 Å². The standard InChI is InChI=1S/C49H54B2S3/c1-28(2)21-33(8)46(29(3)4)50(47-34(9)22-30(5)23-35(47)10)44-19-17-42(53-44)40-15-16-41(52-40)43-18-20-45(54-43)51(48-36(11)24-31(6)25-37(48)12)49-38(13)26-32(7)27-39(49)14/h15-27H,1H2,2-14H3/b33-21-. The summed E-state index contributed by atoms with van der Waals surface area (Å²) in [7, 11) is 0. The van der Waals surface area contributed by atoms with Crippen LogP contribution in [0.4, 0.5) is 0 Å². The lowest BCUT2D eigenvalue weighted by atomic mass is 9.36. The van der Waals surface area contributed by atoms with Crippen LogP contribution in [0.25, 0.3) is 19.5 Å². The number of rotatable bonds is 10. The van der Waals surface area contributed by atoms with Gasteiger partial charge in [0.1, 0.15) is 0 Å². The van der Waals surface area contributed by atoms with E-state index in [0.717, 1.165) is 5.57 Å². The van der Waals surface area contributed by atoms with E-state index in [1.807, 2.05) is 34.0 Å². The van der Waals surface area contributed by atoms with Crippen LogP contribution in [0.3, 0.4) is 0 Å². The molecule has 5 heteroatoms. The highest BCUT2D eigenvalue weighted by Gasteiger charge is 2.32. The number of hydrogen-bond donors (Lipinski definition) is 0. The number of thiophene rings is 3. The van der Waals surface area contributed by atoms with Gasteiger partial charge in [-0.25, -0.2) is 0 Å². The summed E-state index contributed by atoms with van der Waals surface area (Å²) in [5.74, 6) is 0. The predicted octanol–water partition coefficient (Wildman–Crippen LogP) is 11.5. The van der Waals surface area contributed by atoms with Crippen LogP contribution in [0.1, 0.15) is 77.8 Å². The predicted molar refractivity (Wildman–Crippen MR) is 250 cm³/mol. The van der Waals surface area contributed by atoms with Crippen LogP contribution < -0.4 is 25.9 Å². The van der Waals surface area contributed by atoms with Crippen LogP contribution >= 0.6 is 34.0 Å². The van der Waals surface area contributed by atoms with Crippen molar-refractivity contribution in [3.05, 3.63) is 158 Å². The lowest BCUT2D eigenvalue weighted by Gasteiger charge is -2.24. The molecule has 0 N–H and O–H groups in total. The van der Waals surface area contributed by atoms with Crippen LogP contribution in [0.2, 0.25) is 0 Å². The Balaban J connectivity index is 1.42. The van der Waals surface area contributed by atoms with Crippen molar-refractivity contribution >= 4 is 73.4 Å². The minimum atomic E-state index is 0.156. The first-order valence-electron chi connectivity index (χ1n) is 19.1. The Morgan fingerprint density at radius 1 is 0.481 bits per heavy atom. The average Bonchev–Trinajstić information content (AvgIpc) is 3.83. The summed E-state index contributed by atoms with van der Waals surface area (Å²) in [5.41, 5.74) is 21.6. The molecular formula is C49H54B2S3. The van der Waals surface area contributed by atoms with Crippen molar-refractivity contribution in [3.8, 4) is 19.5 Å². The number of allylic oxidation sites excluding steroid dienone is 5. The Morgan fingerprint density at radius 3 is 1.24 bits per heavy atom. The third kappa shape index (κ3) is 8.06. The minimum absolute atomic E-state index is 0.156. The number of aryl methyl sites for hydroxylation is 9. The fourth-order valence-electron chi connectivity index (χ4n) is 9.04.